The molecule has 2 atom stereocenters. The standard InChI is InChI=1S/C15H18N4O2/c1-2-6-13-9-17-11-15(13,18-19-16)14(20)21-10-12-7-4-3-5-8-12/h2-5,7-8,13,17H,1,6,9-11H2/t13-,15-/m1/s1. The molecule has 1 N–H and O–H groups in total. The molecule has 0 aromatic heterocycles. The van der Waals surface area contributed by atoms with Gasteiger partial charge in [0.15, 0.2) is 5.54 Å². The summed E-state index contributed by atoms with van der Waals surface area (Å²) in [6, 6.07) is 9.41. The number of nitrogens with one attached hydrogen (secondary N) is 1. The predicted molar refractivity (Wildman–Crippen MR) is 79.3 cm³/mol. The molecule has 0 saturated carbocycles. The molecule has 1 heterocycles. The Morgan fingerprint density at radius 2 is 2.33 bits per heavy atom. The van der Waals surface area contributed by atoms with Crippen molar-refractivity contribution in [2.45, 2.75) is 18.6 Å². The number of esters is 1. The van der Waals surface area contributed by atoms with Gasteiger partial charge < -0.3 is 10.1 Å². The van der Waals surface area contributed by atoms with E-state index in [1.807, 2.05) is 30.3 Å². The van der Waals surface area contributed by atoms with Crippen molar-refractivity contribution in [2.75, 3.05) is 13.1 Å². The maximum absolute atomic E-state index is 12.5. The van der Waals surface area contributed by atoms with Crippen molar-refractivity contribution in [2.24, 2.45) is 11.0 Å². The number of carbonyl (C=O) groups is 1. The van der Waals surface area contributed by atoms with Crippen LogP contribution in [0.1, 0.15) is 12.0 Å². The Kier molecular flexibility index (Phi) is 4.98. The first kappa shape index (κ1) is 15.1. The van der Waals surface area contributed by atoms with Gasteiger partial charge in [0.2, 0.25) is 0 Å². The number of ether oxygens (including phenoxy) is 1. The fourth-order valence-electron chi connectivity index (χ4n) is 2.55. The van der Waals surface area contributed by atoms with Crippen LogP contribution in [-0.4, -0.2) is 24.6 Å². The van der Waals surface area contributed by atoms with Gasteiger partial charge >= 0.3 is 5.97 Å². The minimum absolute atomic E-state index is 0.130. The summed E-state index contributed by atoms with van der Waals surface area (Å²) in [5.41, 5.74) is 8.52. The van der Waals surface area contributed by atoms with Crippen LogP contribution in [0.3, 0.4) is 0 Å². The van der Waals surface area contributed by atoms with Gasteiger partial charge in [0, 0.05) is 11.5 Å². The molecule has 21 heavy (non-hydrogen) atoms. The van der Waals surface area contributed by atoms with Crippen LogP contribution in [0.2, 0.25) is 0 Å². The molecular formula is C15H18N4O2. The van der Waals surface area contributed by atoms with Gasteiger partial charge in [0.05, 0.1) is 0 Å². The maximum Gasteiger partial charge on any atom is 0.320 e. The van der Waals surface area contributed by atoms with E-state index in [2.05, 4.69) is 21.9 Å². The van der Waals surface area contributed by atoms with E-state index >= 15 is 0 Å². The first-order chi connectivity index (χ1) is 10.2. The SMILES string of the molecule is C=CC[C@@H]1CNC[C@]1(N=[N+]=[N-])C(=O)OCc1ccccc1. The van der Waals surface area contributed by atoms with Crippen molar-refractivity contribution in [1.29, 1.82) is 0 Å². The summed E-state index contributed by atoms with van der Waals surface area (Å²) >= 11 is 0. The zero-order valence-electron chi connectivity index (χ0n) is 11.7. The number of hydrogen-bond acceptors (Lipinski definition) is 4. The monoisotopic (exact) mass is 286 g/mol. The molecule has 1 aromatic carbocycles. The first-order valence-corrected chi connectivity index (χ1v) is 6.82. The average Bonchev–Trinajstić information content (AvgIpc) is 2.91. The van der Waals surface area contributed by atoms with Crippen LogP contribution in [-0.2, 0) is 16.1 Å². The molecule has 2 rings (SSSR count). The average molecular weight is 286 g/mol. The van der Waals surface area contributed by atoms with Crippen molar-refractivity contribution in [3.8, 4) is 0 Å². The molecule has 110 valence electrons. The van der Waals surface area contributed by atoms with Crippen LogP contribution < -0.4 is 5.32 Å². The Morgan fingerprint density at radius 3 is 3.00 bits per heavy atom. The highest BCUT2D eigenvalue weighted by Crippen LogP contribution is 2.31. The smallest absolute Gasteiger partial charge is 0.320 e. The van der Waals surface area contributed by atoms with Crippen molar-refractivity contribution >= 4 is 5.97 Å². The van der Waals surface area contributed by atoms with Crippen LogP contribution in [0.25, 0.3) is 10.4 Å². The van der Waals surface area contributed by atoms with Crippen molar-refractivity contribution in [1.82, 2.24) is 5.32 Å². The molecule has 1 aliphatic rings. The highest BCUT2D eigenvalue weighted by Gasteiger charge is 2.49. The number of allylic oxidation sites excluding steroid dienone is 1. The van der Waals surface area contributed by atoms with Gasteiger partial charge in [-0.15, -0.1) is 6.58 Å². The van der Waals surface area contributed by atoms with Crippen molar-refractivity contribution < 1.29 is 9.53 Å². The van der Waals surface area contributed by atoms with Gasteiger partial charge in [-0.3, -0.25) is 4.79 Å². The van der Waals surface area contributed by atoms with Crippen LogP contribution in [0.4, 0.5) is 0 Å². The van der Waals surface area contributed by atoms with Crippen molar-refractivity contribution in [3.63, 3.8) is 0 Å². The normalized spacial score (nSPS) is 24.1. The van der Waals surface area contributed by atoms with Gasteiger partial charge in [0.1, 0.15) is 6.61 Å². The molecule has 0 radical (unpaired) electrons. The summed E-state index contributed by atoms with van der Waals surface area (Å²) in [5, 5.41) is 6.86. The second kappa shape index (κ2) is 6.92. The van der Waals surface area contributed by atoms with Crippen LogP contribution in [0.15, 0.2) is 48.1 Å². The third kappa shape index (κ3) is 3.24. The second-order valence-electron chi connectivity index (χ2n) is 5.03. The molecule has 0 unspecified atom stereocenters. The lowest BCUT2D eigenvalue weighted by Gasteiger charge is -2.26. The quantitative estimate of drug-likeness (QED) is 0.286. The maximum atomic E-state index is 12.5. The van der Waals surface area contributed by atoms with Gasteiger partial charge in [-0.2, -0.15) is 0 Å². The predicted octanol–water partition coefficient (Wildman–Crippen LogP) is 2.57. The highest BCUT2D eigenvalue weighted by atomic mass is 16.5. The molecule has 1 aromatic rings. The van der Waals surface area contributed by atoms with Crippen molar-refractivity contribution in [3.05, 3.63) is 59.0 Å². The second-order valence-corrected chi connectivity index (χ2v) is 5.03. The molecule has 6 nitrogen and oxygen atoms in total. The Hall–Kier alpha value is -2.30. The number of carbonyl (C=O) groups excluding carboxylic acids is 1. The van der Waals surface area contributed by atoms with Gasteiger partial charge in [-0.05, 0) is 30.0 Å². The lowest BCUT2D eigenvalue weighted by molar-refractivity contribution is -0.152. The number of hydrogen-bond donors (Lipinski definition) is 1. The number of azide groups is 1. The van der Waals surface area contributed by atoms with Crippen LogP contribution >= 0.6 is 0 Å². The third-order valence-electron chi connectivity index (χ3n) is 3.70. The van der Waals surface area contributed by atoms with E-state index in [4.69, 9.17) is 10.3 Å². The number of benzene rings is 1. The summed E-state index contributed by atoms with van der Waals surface area (Å²) in [7, 11) is 0. The molecule has 1 saturated heterocycles. The van der Waals surface area contributed by atoms with E-state index < -0.39 is 11.5 Å². The largest absolute Gasteiger partial charge is 0.460 e. The molecule has 0 spiro atoms. The number of rotatable bonds is 6. The van der Waals surface area contributed by atoms with E-state index in [0.717, 1.165) is 5.56 Å². The highest BCUT2D eigenvalue weighted by molar-refractivity contribution is 5.82. The molecule has 1 fully saturated rings. The lowest BCUT2D eigenvalue weighted by Crippen LogP contribution is -2.45. The minimum Gasteiger partial charge on any atom is -0.460 e. The molecular weight excluding hydrogens is 268 g/mol. The Bertz CT molecular complexity index is 554. The molecule has 6 heteroatoms. The Balaban J connectivity index is 2.12. The Labute approximate surface area is 123 Å². The third-order valence-corrected chi connectivity index (χ3v) is 3.70. The lowest BCUT2D eigenvalue weighted by atomic mass is 9.85. The van der Waals surface area contributed by atoms with E-state index in [-0.39, 0.29) is 12.5 Å². The zero-order chi connectivity index (χ0) is 15.1. The fourth-order valence-corrected chi connectivity index (χ4v) is 2.55. The minimum atomic E-state index is -1.18. The summed E-state index contributed by atoms with van der Waals surface area (Å²) in [6.45, 7) is 4.76. The van der Waals surface area contributed by atoms with Crippen LogP contribution in [0, 0.1) is 5.92 Å². The molecule has 0 aliphatic carbocycles. The summed E-state index contributed by atoms with van der Waals surface area (Å²) in [4.78, 5) is 15.3. The van der Waals surface area contributed by atoms with E-state index in [0.29, 0.717) is 19.5 Å². The van der Waals surface area contributed by atoms with Gasteiger partial charge in [-0.25, -0.2) is 0 Å². The Morgan fingerprint density at radius 1 is 1.57 bits per heavy atom. The topological polar surface area (TPSA) is 87.1 Å². The van der Waals surface area contributed by atoms with E-state index in [1.54, 1.807) is 6.08 Å². The molecule has 1 aliphatic heterocycles. The fraction of sp³-hybridized carbons (Fsp3) is 0.400. The molecule has 0 amide bonds. The summed E-state index contributed by atoms with van der Waals surface area (Å²) in [5.74, 6) is -0.616. The van der Waals surface area contributed by atoms with E-state index in [1.165, 1.54) is 0 Å². The molecule has 0 bridgehead atoms. The zero-order valence-corrected chi connectivity index (χ0v) is 11.7. The van der Waals surface area contributed by atoms with Gasteiger partial charge in [-0.1, -0.05) is 41.5 Å². The summed E-state index contributed by atoms with van der Waals surface area (Å²) in [6.07, 6.45) is 2.32. The number of nitrogens with zero attached hydrogens (tertiary/aromatic N) is 3. The van der Waals surface area contributed by atoms with Gasteiger partial charge in [0.25, 0.3) is 0 Å². The first-order valence-electron chi connectivity index (χ1n) is 6.82. The van der Waals surface area contributed by atoms with Crippen LogP contribution in [0.5, 0.6) is 0 Å². The summed E-state index contributed by atoms with van der Waals surface area (Å²) < 4.78 is 5.37. The van der Waals surface area contributed by atoms with E-state index in [9.17, 15) is 4.79 Å².